The fourth-order valence-electron chi connectivity index (χ4n) is 1.51. The first-order valence-corrected chi connectivity index (χ1v) is 6.51. The molecule has 0 bridgehead atoms. The Morgan fingerprint density at radius 3 is 2.93 bits per heavy atom. The highest BCUT2D eigenvalue weighted by Crippen LogP contribution is 2.10. The van der Waals surface area contributed by atoms with Gasteiger partial charge in [-0.3, -0.25) is 0 Å². The van der Waals surface area contributed by atoms with Crippen LogP contribution >= 0.6 is 0 Å². The summed E-state index contributed by atoms with van der Waals surface area (Å²) in [6, 6.07) is 0. The molecule has 1 unspecified atom stereocenters. The van der Waals surface area contributed by atoms with E-state index in [-0.39, 0.29) is 5.25 Å². The van der Waals surface area contributed by atoms with Gasteiger partial charge in [-0.2, -0.15) is 0 Å². The minimum atomic E-state index is -3.12. The van der Waals surface area contributed by atoms with Gasteiger partial charge in [-0.05, 0) is 25.8 Å². The van der Waals surface area contributed by atoms with Gasteiger partial charge in [0.15, 0.2) is 0 Å². The minimum Gasteiger partial charge on any atom is -0.315 e. The minimum absolute atomic E-state index is 0.263. The van der Waals surface area contributed by atoms with Crippen LogP contribution in [0.15, 0.2) is 12.7 Å². The monoisotopic (exact) mass is 218 g/mol. The smallest absolute Gasteiger partial charge is 0.215 e. The molecule has 1 atom stereocenters. The predicted molar refractivity (Wildman–Crippen MR) is 57.6 cm³/mol. The number of sulfonamides is 1. The van der Waals surface area contributed by atoms with Crippen molar-refractivity contribution in [3.8, 4) is 0 Å². The van der Waals surface area contributed by atoms with Crippen molar-refractivity contribution in [3.63, 3.8) is 0 Å². The molecule has 1 fully saturated rings. The van der Waals surface area contributed by atoms with Crippen molar-refractivity contribution in [2.45, 2.75) is 24.5 Å². The van der Waals surface area contributed by atoms with E-state index in [4.69, 9.17) is 0 Å². The number of rotatable bonds is 5. The van der Waals surface area contributed by atoms with Crippen molar-refractivity contribution in [1.82, 2.24) is 10.0 Å². The average Bonchev–Trinajstić information content (AvgIpc) is 2.19. The molecule has 0 radical (unpaired) electrons. The van der Waals surface area contributed by atoms with Gasteiger partial charge >= 0.3 is 0 Å². The van der Waals surface area contributed by atoms with Gasteiger partial charge < -0.3 is 5.32 Å². The van der Waals surface area contributed by atoms with Crippen LogP contribution < -0.4 is 10.0 Å². The van der Waals surface area contributed by atoms with Crippen LogP contribution in [0.5, 0.6) is 0 Å². The van der Waals surface area contributed by atoms with E-state index < -0.39 is 10.0 Å². The zero-order chi connectivity index (χ0) is 10.4. The third-order valence-corrected chi connectivity index (χ3v) is 4.23. The largest absolute Gasteiger partial charge is 0.315 e. The molecule has 82 valence electrons. The molecule has 14 heavy (non-hydrogen) atoms. The first kappa shape index (κ1) is 11.7. The van der Waals surface area contributed by atoms with Crippen LogP contribution in [0.2, 0.25) is 0 Å². The molecule has 1 aliphatic heterocycles. The van der Waals surface area contributed by atoms with Gasteiger partial charge in [0, 0.05) is 13.1 Å². The molecule has 0 aromatic carbocycles. The van der Waals surface area contributed by atoms with Crippen LogP contribution in [0, 0.1) is 0 Å². The Bertz CT molecular complexity index is 269. The van der Waals surface area contributed by atoms with E-state index in [0.717, 1.165) is 19.4 Å². The number of nitrogens with one attached hydrogen (secondary N) is 2. The Kier molecular flexibility index (Phi) is 4.57. The van der Waals surface area contributed by atoms with E-state index in [2.05, 4.69) is 16.6 Å². The molecule has 2 N–H and O–H groups in total. The molecule has 0 spiro atoms. The maximum Gasteiger partial charge on any atom is 0.215 e. The molecule has 1 saturated heterocycles. The van der Waals surface area contributed by atoms with Crippen molar-refractivity contribution in [2.24, 2.45) is 0 Å². The second kappa shape index (κ2) is 5.48. The molecule has 0 aromatic heterocycles. The lowest BCUT2D eigenvalue weighted by atomic mass is 10.2. The topological polar surface area (TPSA) is 58.2 Å². The first-order chi connectivity index (χ1) is 6.67. The fraction of sp³-hybridized carbons (Fsp3) is 0.778. The summed E-state index contributed by atoms with van der Waals surface area (Å²) in [6.07, 6.45) is 4.09. The Labute approximate surface area is 85.8 Å². The van der Waals surface area contributed by atoms with Crippen molar-refractivity contribution >= 4 is 10.0 Å². The summed E-state index contributed by atoms with van der Waals surface area (Å²) in [5.41, 5.74) is 0. The zero-order valence-electron chi connectivity index (χ0n) is 8.33. The number of piperidine rings is 1. The molecule has 5 heteroatoms. The van der Waals surface area contributed by atoms with Crippen molar-refractivity contribution in [1.29, 1.82) is 0 Å². The van der Waals surface area contributed by atoms with Gasteiger partial charge in [0.1, 0.15) is 0 Å². The molecule has 1 rings (SSSR count). The van der Waals surface area contributed by atoms with E-state index in [1.165, 1.54) is 0 Å². The highest BCUT2D eigenvalue weighted by Gasteiger charge is 2.26. The summed E-state index contributed by atoms with van der Waals surface area (Å²) in [7, 11) is -3.12. The quantitative estimate of drug-likeness (QED) is 0.513. The number of hydrogen-bond donors (Lipinski definition) is 2. The highest BCUT2D eigenvalue weighted by molar-refractivity contribution is 7.90. The van der Waals surface area contributed by atoms with Crippen LogP contribution in [0.1, 0.15) is 19.3 Å². The Morgan fingerprint density at radius 2 is 2.36 bits per heavy atom. The van der Waals surface area contributed by atoms with Crippen LogP contribution in [-0.2, 0) is 10.0 Å². The molecule has 1 heterocycles. The third kappa shape index (κ3) is 3.40. The van der Waals surface area contributed by atoms with Gasteiger partial charge in [-0.1, -0.05) is 6.08 Å². The van der Waals surface area contributed by atoms with Crippen molar-refractivity contribution < 1.29 is 8.42 Å². The van der Waals surface area contributed by atoms with Crippen LogP contribution in [0.25, 0.3) is 0 Å². The molecule has 0 aliphatic carbocycles. The molecule has 4 nitrogen and oxygen atoms in total. The normalized spacial score (nSPS) is 23.3. The van der Waals surface area contributed by atoms with Gasteiger partial charge in [-0.25, -0.2) is 13.1 Å². The molecule has 0 saturated carbocycles. The fourth-order valence-corrected chi connectivity index (χ4v) is 2.96. The zero-order valence-corrected chi connectivity index (χ0v) is 9.15. The van der Waals surface area contributed by atoms with Gasteiger partial charge in [0.2, 0.25) is 10.0 Å². The summed E-state index contributed by atoms with van der Waals surface area (Å²) in [5.74, 6) is 0. The standard InChI is InChI=1S/C9H18N2O2S/c1-2-3-7-11-14(12,13)9-5-4-6-10-8-9/h2,9-11H,1,3-8H2. The Hall–Kier alpha value is -0.390. The second-order valence-corrected chi connectivity index (χ2v) is 5.53. The molecule has 0 amide bonds. The second-order valence-electron chi connectivity index (χ2n) is 3.49. The van der Waals surface area contributed by atoms with Gasteiger partial charge in [-0.15, -0.1) is 6.58 Å². The lowest BCUT2D eigenvalue weighted by molar-refractivity contribution is 0.490. The SMILES string of the molecule is C=CCCNS(=O)(=O)C1CCCNC1. The van der Waals surface area contributed by atoms with E-state index in [0.29, 0.717) is 19.5 Å². The molecular formula is C9H18N2O2S. The van der Waals surface area contributed by atoms with Crippen molar-refractivity contribution in [2.75, 3.05) is 19.6 Å². The van der Waals surface area contributed by atoms with Crippen molar-refractivity contribution in [3.05, 3.63) is 12.7 Å². The Morgan fingerprint density at radius 1 is 1.57 bits per heavy atom. The van der Waals surface area contributed by atoms with E-state index >= 15 is 0 Å². The first-order valence-electron chi connectivity index (χ1n) is 4.97. The van der Waals surface area contributed by atoms with E-state index in [9.17, 15) is 8.42 Å². The van der Waals surface area contributed by atoms with E-state index in [1.807, 2.05) is 0 Å². The summed E-state index contributed by atoms with van der Waals surface area (Å²) in [6.45, 7) is 5.51. The third-order valence-electron chi connectivity index (χ3n) is 2.34. The molecule has 1 aliphatic rings. The lowest BCUT2D eigenvalue weighted by Crippen LogP contribution is -2.44. The maximum atomic E-state index is 11.7. The van der Waals surface area contributed by atoms with Gasteiger partial charge in [0.05, 0.1) is 5.25 Å². The van der Waals surface area contributed by atoms with Gasteiger partial charge in [0.25, 0.3) is 0 Å². The van der Waals surface area contributed by atoms with E-state index in [1.54, 1.807) is 6.08 Å². The molecular weight excluding hydrogens is 200 g/mol. The summed E-state index contributed by atoms with van der Waals surface area (Å²) in [5, 5.41) is 2.83. The average molecular weight is 218 g/mol. The summed E-state index contributed by atoms with van der Waals surface area (Å²) >= 11 is 0. The highest BCUT2D eigenvalue weighted by atomic mass is 32.2. The predicted octanol–water partition coefficient (Wildman–Crippen LogP) is 0.234. The maximum absolute atomic E-state index is 11.7. The number of hydrogen-bond acceptors (Lipinski definition) is 3. The Balaban J connectivity index is 2.42. The summed E-state index contributed by atoms with van der Waals surface area (Å²) in [4.78, 5) is 0. The molecule has 0 aromatic rings. The summed E-state index contributed by atoms with van der Waals surface area (Å²) < 4.78 is 25.9. The van der Waals surface area contributed by atoms with Crippen LogP contribution in [0.3, 0.4) is 0 Å². The lowest BCUT2D eigenvalue weighted by Gasteiger charge is -2.22. The van der Waals surface area contributed by atoms with Crippen LogP contribution in [-0.4, -0.2) is 33.3 Å². The van der Waals surface area contributed by atoms with Crippen LogP contribution in [0.4, 0.5) is 0 Å².